The lowest BCUT2D eigenvalue weighted by molar-refractivity contribution is 0.490. The van der Waals surface area contributed by atoms with E-state index in [1.807, 2.05) is 0 Å². The molecule has 0 aliphatic heterocycles. The smallest absolute Gasteiger partial charge is 0.111 e. The summed E-state index contributed by atoms with van der Waals surface area (Å²) in [6.45, 7) is 2.34. The predicted octanol–water partition coefficient (Wildman–Crippen LogP) is 4.94. The molecule has 0 N–H and O–H groups in total. The average molecular weight is 342 g/mol. The largest absolute Gasteiger partial charge is 0.325 e. The van der Waals surface area contributed by atoms with E-state index in [2.05, 4.69) is 45.6 Å². The van der Waals surface area contributed by atoms with E-state index in [0.717, 1.165) is 28.2 Å². The lowest BCUT2D eigenvalue weighted by Gasteiger charge is -2.16. The van der Waals surface area contributed by atoms with Gasteiger partial charge in [0, 0.05) is 22.8 Å². The first-order valence-corrected chi connectivity index (χ1v) is 8.24. The van der Waals surface area contributed by atoms with Crippen molar-refractivity contribution in [2.45, 2.75) is 38.6 Å². The fourth-order valence-corrected chi connectivity index (χ4v) is 3.72. The lowest BCUT2D eigenvalue weighted by atomic mass is 10.1. The summed E-state index contributed by atoms with van der Waals surface area (Å²) in [5.74, 6) is 2.59. The van der Waals surface area contributed by atoms with Gasteiger partial charge in [-0.2, -0.15) is 0 Å². The number of imidazole rings is 1. The molecule has 1 fully saturated rings. The SMILES string of the molecule is CC1CCC(n2c(CCCl)nc3cc(Br)ccc32)C1. The average Bonchev–Trinajstić information content (AvgIpc) is 2.92. The third kappa shape index (κ3) is 2.55. The molecule has 2 aromatic rings. The summed E-state index contributed by atoms with van der Waals surface area (Å²) >= 11 is 9.46. The van der Waals surface area contributed by atoms with Crippen molar-refractivity contribution in [3.8, 4) is 0 Å². The van der Waals surface area contributed by atoms with Crippen molar-refractivity contribution >= 4 is 38.6 Å². The van der Waals surface area contributed by atoms with Gasteiger partial charge in [0.1, 0.15) is 5.82 Å². The van der Waals surface area contributed by atoms with Gasteiger partial charge in [-0.25, -0.2) is 4.98 Å². The summed E-state index contributed by atoms with van der Waals surface area (Å²) in [7, 11) is 0. The molecular formula is C15H18BrClN2. The van der Waals surface area contributed by atoms with Crippen LogP contribution in [0.15, 0.2) is 22.7 Å². The van der Waals surface area contributed by atoms with E-state index < -0.39 is 0 Å². The Hall–Kier alpha value is -0.540. The number of aromatic nitrogens is 2. The number of rotatable bonds is 3. The lowest BCUT2D eigenvalue weighted by Crippen LogP contribution is -2.10. The van der Waals surface area contributed by atoms with Crippen LogP contribution in [0, 0.1) is 5.92 Å². The second kappa shape index (κ2) is 5.45. The fourth-order valence-electron chi connectivity index (χ4n) is 3.20. The number of benzene rings is 1. The second-order valence-electron chi connectivity index (χ2n) is 5.54. The molecule has 2 nitrogen and oxygen atoms in total. The number of nitrogens with zero attached hydrogens (tertiary/aromatic N) is 2. The third-order valence-electron chi connectivity index (χ3n) is 4.07. The number of hydrogen-bond acceptors (Lipinski definition) is 1. The summed E-state index contributed by atoms with van der Waals surface area (Å²) in [4.78, 5) is 4.78. The summed E-state index contributed by atoms with van der Waals surface area (Å²) in [6, 6.07) is 6.97. The molecule has 1 aromatic heterocycles. The molecule has 1 aliphatic rings. The molecule has 19 heavy (non-hydrogen) atoms. The van der Waals surface area contributed by atoms with Crippen LogP contribution in [0.3, 0.4) is 0 Å². The van der Waals surface area contributed by atoms with Gasteiger partial charge in [0.25, 0.3) is 0 Å². The van der Waals surface area contributed by atoms with E-state index in [-0.39, 0.29) is 0 Å². The molecule has 0 spiro atoms. The van der Waals surface area contributed by atoms with Gasteiger partial charge < -0.3 is 4.57 Å². The Morgan fingerprint density at radius 2 is 2.26 bits per heavy atom. The molecule has 1 saturated carbocycles. The van der Waals surface area contributed by atoms with E-state index in [1.165, 1.54) is 24.8 Å². The summed E-state index contributed by atoms with van der Waals surface area (Å²) < 4.78 is 3.52. The van der Waals surface area contributed by atoms with Crippen LogP contribution >= 0.6 is 27.5 Å². The minimum atomic E-state index is 0.597. The predicted molar refractivity (Wildman–Crippen MR) is 83.9 cm³/mol. The van der Waals surface area contributed by atoms with Crippen LogP contribution in [-0.2, 0) is 6.42 Å². The van der Waals surface area contributed by atoms with Crippen molar-refractivity contribution in [1.82, 2.24) is 9.55 Å². The first kappa shape index (κ1) is 13.4. The fraction of sp³-hybridized carbons (Fsp3) is 0.533. The van der Waals surface area contributed by atoms with Crippen LogP contribution in [0.5, 0.6) is 0 Å². The summed E-state index contributed by atoms with van der Waals surface area (Å²) in [5.41, 5.74) is 2.33. The van der Waals surface area contributed by atoms with Gasteiger partial charge in [0.15, 0.2) is 0 Å². The third-order valence-corrected chi connectivity index (χ3v) is 4.76. The Labute approximate surface area is 127 Å². The van der Waals surface area contributed by atoms with Crippen molar-refractivity contribution < 1.29 is 0 Å². The Morgan fingerprint density at radius 3 is 2.95 bits per heavy atom. The first-order chi connectivity index (χ1) is 9.19. The van der Waals surface area contributed by atoms with E-state index in [1.54, 1.807) is 0 Å². The standard InChI is InChI=1S/C15H18BrClN2/c1-10-2-4-12(8-10)19-14-5-3-11(16)9-13(14)18-15(19)6-7-17/h3,5,9-10,12H,2,4,6-8H2,1H3. The van der Waals surface area contributed by atoms with Gasteiger partial charge in [-0.3, -0.25) is 0 Å². The molecule has 1 heterocycles. The van der Waals surface area contributed by atoms with E-state index >= 15 is 0 Å². The van der Waals surface area contributed by atoms with E-state index in [4.69, 9.17) is 16.6 Å². The van der Waals surface area contributed by atoms with Gasteiger partial charge in [-0.15, -0.1) is 11.6 Å². The van der Waals surface area contributed by atoms with Gasteiger partial charge in [-0.1, -0.05) is 22.9 Å². The molecule has 0 bridgehead atoms. The Morgan fingerprint density at radius 1 is 1.42 bits per heavy atom. The quantitative estimate of drug-likeness (QED) is 0.723. The first-order valence-electron chi connectivity index (χ1n) is 6.91. The van der Waals surface area contributed by atoms with Gasteiger partial charge in [0.05, 0.1) is 11.0 Å². The molecule has 4 heteroatoms. The van der Waals surface area contributed by atoms with Crippen LogP contribution in [-0.4, -0.2) is 15.4 Å². The van der Waals surface area contributed by atoms with Crippen LogP contribution in [0.1, 0.15) is 38.1 Å². The van der Waals surface area contributed by atoms with Crippen molar-refractivity contribution in [2.24, 2.45) is 5.92 Å². The van der Waals surface area contributed by atoms with Crippen molar-refractivity contribution in [3.05, 3.63) is 28.5 Å². The topological polar surface area (TPSA) is 17.8 Å². The highest BCUT2D eigenvalue weighted by Gasteiger charge is 2.26. The van der Waals surface area contributed by atoms with Crippen molar-refractivity contribution in [2.75, 3.05) is 5.88 Å². The van der Waals surface area contributed by atoms with E-state index in [9.17, 15) is 0 Å². The highest BCUT2D eigenvalue weighted by Crippen LogP contribution is 2.37. The number of fused-ring (bicyclic) bond motifs is 1. The molecule has 1 aromatic carbocycles. The molecule has 2 atom stereocenters. The number of hydrogen-bond donors (Lipinski definition) is 0. The summed E-state index contributed by atoms with van der Waals surface area (Å²) in [6.07, 6.45) is 4.69. The monoisotopic (exact) mass is 340 g/mol. The van der Waals surface area contributed by atoms with Crippen molar-refractivity contribution in [1.29, 1.82) is 0 Å². The number of alkyl halides is 1. The number of halogens is 2. The Bertz CT molecular complexity index is 593. The zero-order valence-corrected chi connectivity index (χ0v) is 13.4. The second-order valence-corrected chi connectivity index (χ2v) is 6.84. The van der Waals surface area contributed by atoms with Crippen molar-refractivity contribution in [3.63, 3.8) is 0 Å². The molecule has 1 aliphatic carbocycles. The maximum atomic E-state index is 5.94. The zero-order chi connectivity index (χ0) is 13.4. The zero-order valence-electron chi connectivity index (χ0n) is 11.1. The molecule has 0 radical (unpaired) electrons. The van der Waals surface area contributed by atoms with Gasteiger partial charge in [-0.05, 0) is 43.4 Å². The molecule has 0 saturated heterocycles. The number of aryl methyl sites for hydroxylation is 1. The molecule has 3 rings (SSSR count). The Balaban J connectivity index is 2.11. The molecule has 102 valence electrons. The van der Waals surface area contributed by atoms with Crippen LogP contribution < -0.4 is 0 Å². The summed E-state index contributed by atoms with van der Waals surface area (Å²) in [5, 5.41) is 0. The molecular weight excluding hydrogens is 324 g/mol. The van der Waals surface area contributed by atoms with E-state index in [0.29, 0.717) is 11.9 Å². The maximum Gasteiger partial charge on any atom is 0.111 e. The Kier molecular flexibility index (Phi) is 3.86. The highest BCUT2D eigenvalue weighted by molar-refractivity contribution is 9.10. The van der Waals surface area contributed by atoms with Crippen LogP contribution in [0.4, 0.5) is 0 Å². The van der Waals surface area contributed by atoms with Crippen LogP contribution in [0.2, 0.25) is 0 Å². The van der Waals surface area contributed by atoms with Gasteiger partial charge in [0.2, 0.25) is 0 Å². The molecule has 2 unspecified atom stereocenters. The molecule has 0 amide bonds. The van der Waals surface area contributed by atoms with Crippen LogP contribution in [0.25, 0.3) is 11.0 Å². The maximum absolute atomic E-state index is 5.94. The minimum absolute atomic E-state index is 0.597. The van der Waals surface area contributed by atoms with Gasteiger partial charge >= 0.3 is 0 Å². The highest BCUT2D eigenvalue weighted by atomic mass is 79.9. The minimum Gasteiger partial charge on any atom is -0.325 e. The normalized spacial score (nSPS) is 23.3.